The molecule has 180 valence electrons. The summed E-state index contributed by atoms with van der Waals surface area (Å²) in [6.07, 6.45) is 3.83. The van der Waals surface area contributed by atoms with Crippen LogP contribution in [0.5, 0.6) is 0 Å². The normalized spacial score (nSPS) is 23.6. The van der Waals surface area contributed by atoms with Gasteiger partial charge >= 0.3 is 6.03 Å². The number of hydrogen-bond donors (Lipinski definition) is 1. The molecule has 0 aromatic heterocycles. The number of piperazine rings is 1. The molecule has 0 radical (unpaired) electrons. The number of hydrogen-bond acceptors (Lipinski definition) is 6. The van der Waals surface area contributed by atoms with E-state index in [4.69, 9.17) is 16.6 Å². The van der Waals surface area contributed by atoms with E-state index < -0.39 is 18.2 Å². The van der Waals surface area contributed by atoms with Crippen molar-refractivity contribution < 1.29 is 14.0 Å². The molecule has 1 N–H and O–H groups in total. The quantitative estimate of drug-likeness (QED) is 0.610. The van der Waals surface area contributed by atoms with Crippen molar-refractivity contribution in [3.05, 3.63) is 34.6 Å². The van der Waals surface area contributed by atoms with Crippen LogP contribution >= 0.6 is 11.6 Å². The second-order valence-corrected chi connectivity index (χ2v) is 9.32. The molecule has 2 saturated heterocycles. The van der Waals surface area contributed by atoms with Crippen molar-refractivity contribution in [3.8, 4) is 0 Å². The van der Waals surface area contributed by atoms with Crippen LogP contribution in [0.4, 0.5) is 9.18 Å². The summed E-state index contributed by atoms with van der Waals surface area (Å²) in [5.74, 6) is 0.207. The number of imide groups is 1. The average Bonchev–Trinajstić information content (AvgIpc) is 3.18. The lowest BCUT2D eigenvalue weighted by Crippen LogP contribution is -2.64. The van der Waals surface area contributed by atoms with Gasteiger partial charge in [-0.3, -0.25) is 15.0 Å². The Morgan fingerprint density at radius 2 is 1.91 bits per heavy atom. The number of benzene rings is 1. The van der Waals surface area contributed by atoms with Crippen LogP contribution in [0, 0.1) is 5.82 Å². The Labute approximate surface area is 199 Å². The Hall–Kier alpha value is -2.39. The second kappa shape index (κ2) is 10.3. The van der Waals surface area contributed by atoms with Gasteiger partial charge < -0.3 is 14.7 Å². The third-order valence-corrected chi connectivity index (χ3v) is 7.04. The van der Waals surface area contributed by atoms with E-state index in [9.17, 15) is 14.0 Å². The molecule has 3 aliphatic rings. The molecule has 2 atom stereocenters. The van der Waals surface area contributed by atoms with E-state index in [0.717, 1.165) is 51.3 Å². The third kappa shape index (κ3) is 4.94. The summed E-state index contributed by atoms with van der Waals surface area (Å²) >= 11 is 6.21. The third-order valence-electron chi connectivity index (χ3n) is 6.69. The average molecular weight is 479 g/mol. The van der Waals surface area contributed by atoms with Crippen molar-refractivity contribution in [3.63, 3.8) is 0 Å². The smallest absolute Gasteiger partial charge is 0.325 e. The van der Waals surface area contributed by atoms with Crippen molar-refractivity contribution in [2.24, 2.45) is 4.99 Å². The van der Waals surface area contributed by atoms with Crippen LogP contribution in [-0.4, -0.2) is 89.5 Å². The highest BCUT2D eigenvalue weighted by Gasteiger charge is 2.49. The molecule has 10 heteroatoms. The number of aliphatic imine (C=N–C) groups is 1. The van der Waals surface area contributed by atoms with Gasteiger partial charge in [0.15, 0.2) is 18.2 Å². The minimum Gasteiger partial charge on any atom is -0.340 e. The maximum Gasteiger partial charge on any atom is 0.325 e. The van der Waals surface area contributed by atoms with E-state index in [1.165, 1.54) is 11.0 Å². The predicted octanol–water partition coefficient (Wildman–Crippen LogP) is 2.72. The fourth-order valence-electron chi connectivity index (χ4n) is 4.74. The Bertz CT molecular complexity index is 900. The number of carbonyl (C=O) groups excluding carboxylic acids is 2. The van der Waals surface area contributed by atoms with E-state index >= 15 is 0 Å². The number of carbonyl (C=O) groups is 2. The molecule has 2 unspecified atom stereocenters. The molecule has 0 spiro atoms. The predicted molar refractivity (Wildman–Crippen MR) is 125 cm³/mol. The van der Waals surface area contributed by atoms with Crippen molar-refractivity contribution in [2.45, 2.75) is 51.4 Å². The first-order chi connectivity index (χ1) is 15.9. The zero-order valence-electron chi connectivity index (χ0n) is 19.3. The number of nitrogens with zero attached hydrogens (tertiary/aromatic N) is 5. The first-order valence-electron chi connectivity index (χ1n) is 11.7. The summed E-state index contributed by atoms with van der Waals surface area (Å²) in [5.41, 5.74) is 0.520. The van der Waals surface area contributed by atoms with Crippen LogP contribution in [0.25, 0.3) is 0 Å². The van der Waals surface area contributed by atoms with Crippen molar-refractivity contribution in [1.82, 2.24) is 24.9 Å². The maximum atomic E-state index is 14.2. The van der Waals surface area contributed by atoms with Gasteiger partial charge in [0.25, 0.3) is 5.91 Å². The highest BCUT2D eigenvalue weighted by molar-refractivity contribution is 6.31. The number of rotatable bonds is 7. The monoisotopic (exact) mass is 478 g/mol. The molecule has 3 aliphatic heterocycles. The molecule has 33 heavy (non-hydrogen) atoms. The number of likely N-dealkylation sites (N-methyl/N-ethyl adjacent to an activating group) is 1. The van der Waals surface area contributed by atoms with Gasteiger partial charge in [-0.15, -0.1) is 0 Å². The zero-order chi connectivity index (χ0) is 23.5. The molecular weight excluding hydrogens is 447 g/mol. The topological polar surface area (TPSA) is 71.5 Å². The largest absolute Gasteiger partial charge is 0.340 e. The fraction of sp³-hybridized carbons (Fsp3) is 0.609. The number of fused-ring (bicyclic) bond motifs is 1. The lowest BCUT2D eigenvalue weighted by molar-refractivity contribution is -0.127. The first kappa shape index (κ1) is 23.8. The number of guanidine groups is 1. The molecule has 3 heterocycles. The van der Waals surface area contributed by atoms with Crippen LogP contribution in [0.3, 0.4) is 0 Å². The molecule has 0 bridgehead atoms. The Morgan fingerprint density at radius 3 is 2.61 bits per heavy atom. The number of halogens is 2. The second-order valence-electron chi connectivity index (χ2n) is 8.91. The van der Waals surface area contributed by atoms with Gasteiger partial charge in [0.1, 0.15) is 5.82 Å². The summed E-state index contributed by atoms with van der Waals surface area (Å²) in [6.45, 7) is 6.21. The summed E-state index contributed by atoms with van der Waals surface area (Å²) in [7, 11) is 1.68. The summed E-state index contributed by atoms with van der Waals surface area (Å²) in [5, 5.41) is 2.90. The first-order valence-corrected chi connectivity index (χ1v) is 12.1. The van der Waals surface area contributed by atoms with Crippen LogP contribution in [0.2, 0.25) is 5.02 Å². The van der Waals surface area contributed by atoms with Crippen LogP contribution in [0.1, 0.15) is 38.2 Å². The SMILES string of the molecule is CCCCCCN1C(N2CCN(Cc3c(F)cccc3Cl)CC2)=NC2C1C(=O)NC(=O)N2C. The molecule has 0 aliphatic carbocycles. The van der Waals surface area contributed by atoms with E-state index in [-0.39, 0.29) is 11.7 Å². The molecular formula is C23H32ClFN6O2. The van der Waals surface area contributed by atoms with Gasteiger partial charge in [0.2, 0.25) is 0 Å². The van der Waals surface area contributed by atoms with E-state index in [1.54, 1.807) is 19.2 Å². The van der Waals surface area contributed by atoms with Gasteiger partial charge in [-0.1, -0.05) is 43.9 Å². The minimum atomic E-state index is -0.511. The molecule has 1 aromatic rings. The molecule has 2 fully saturated rings. The standard InChI is InChI=1S/C23H32ClFN6O2/c1-3-4-5-6-10-31-19-20(28(2)23(33)27-21(19)32)26-22(31)30-13-11-29(12-14-30)15-16-17(24)8-7-9-18(16)25/h7-9,19-20H,3-6,10-15H2,1-2H3,(H,27,32,33). The lowest BCUT2D eigenvalue weighted by atomic mass is 10.1. The summed E-state index contributed by atoms with van der Waals surface area (Å²) in [4.78, 5) is 37.7. The van der Waals surface area contributed by atoms with Gasteiger partial charge in [0, 0.05) is 56.9 Å². The molecule has 1 aromatic carbocycles. The summed E-state index contributed by atoms with van der Waals surface area (Å²) < 4.78 is 14.2. The van der Waals surface area contributed by atoms with Crippen molar-refractivity contribution in [2.75, 3.05) is 39.8 Å². The minimum absolute atomic E-state index is 0.286. The highest BCUT2D eigenvalue weighted by Crippen LogP contribution is 2.27. The fourth-order valence-corrected chi connectivity index (χ4v) is 4.96. The summed E-state index contributed by atoms with van der Waals surface area (Å²) in [6, 6.07) is 3.85. The van der Waals surface area contributed by atoms with Crippen molar-refractivity contribution in [1.29, 1.82) is 0 Å². The number of nitrogens with one attached hydrogen (secondary N) is 1. The Balaban J connectivity index is 1.45. The van der Waals surface area contributed by atoms with Gasteiger partial charge in [-0.25, -0.2) is 14.2 Å². The van der Waals surface area contributed by atoms with Gasteiger partial charge in [0.05, 0.1) is 0 Å². The van der Waals surface area contributed by atoms with Crippen LogP contribution in [-0.2, 0) is 11.3 Å². The van der Waals surface area contributed by atoms with E-state index in [2.05, 4.69) is 26.9 Å². The van der Waals surface area contributed by atoms with Crippen LogP contribution < -0.4 is 5.32 Å². The zero-order valence-corrected chi connectivity index (χ0v) is 20.0. The number of amides is 3. The van der Waals surface area contributed by atoms with E-state index in [0.29, 0.717) is 30.2 Å². The van der Waals surface area contributed by atoms with Crippen molar-refractivity contribution >= 4 is 29.5 Å². The van der Waals surface area contributed by atoms with Crippen LogP contribution in [0.15, 0.2) is 23.2 Å². The molecule has 0 saturated carbocycles. The number of urea groups is 1. The van der Waals surface area contributed by atoms with Gasteiger partial charge in [-0.05, 0) is 18.6 Å². The molecule has 8 nitrogen and oxygen atoms in total. The van der Waals surface area contributed by atoms with E-state index in [1.807, 2.05) is 0 Å². The molecule has 4 rings (SSSR count). The van der Waals surface area contributed by atoms with Gasteiger partial charge in [-0.2, -0.15) is 0 Å². The Morgan fingerprint density at radius 1 is 1.15 bits per heavy atom. The highest BCUT2D eigenvalue weighted by atomic mass is 35.5. The molecule has 3 amide bonds. The lowest BCUT2D eigenvalue weighted by Gasteiger charge is -2.40. The Kier molecular flexibility index (Phi) is 7.38. The number of unbranched alkanes of at least 4 members (excludes halogenated alkanes) is 3. The maximum absolute atomic E-state index is 14.2.